The van der Waals surface area contributed by atoms with Gasteiger partial charge in [-0.05, 0) is 82.8 Å². The van der Waals surface area contributed by atoms with Gasteiger partial charge in [0, 0.05) is 156 Å². The molecule has 18 rings (SSSR count). The maximum absolute atomic E-state index is 4.87. The highest BCUT2D eigenvalue weighted by Gasteiger charge is 2.18. The zero-order valence-corrected chi connectivity index (χ0v) is 102. The van der Waals surface area contributed by atoms with E-state index in [1.807, 2.05) is 269 Å². The summed E-state index contributed by atoms with van der Waals surface area (Å²) in [7, 11) is 0. The number of hydrogen-bond donors (Lipinski definition) is 0. The van der Waals surface area contributed by atoms with Gasteiger partial charge in [-0.15, -0.1) is 90.7 Å². The molecule has 0 bridgehead atoms. The highest BCUT2D eigenvalue weighted by molar-refractivity contribution is 7.16. The molecule has 0 aliphatic carbocycles. The van der Waals surface area contributed by atoms with Crippen molar-refractivity contribution in [2.45, 2.75) is 316 Å². The fourth-order valence-electron chi connectivity index (χ4n) is 11.2. The van der Waals surface area contributed by atoms with Crippen LogP contribution >= 0.6 is 102 Å². The number of thiazole rings is 8. The van der Waals surface area contributed by atoms with E-state index in [2.05, 4.69) is 343 Å². The molecule has 11 heterocycles. The van der Waals surface area contributed by atoms with Gasteiger partial charge in [0.05, 0.1) is 66.9 Å². The summed E-state index contributed by atoms with van der Waals surface area (Å²) in [6.07, 6.45) is 15.1. The van der Waals surface area contributed by atoms with Crippen molar-refractivity contribution in [2.75, 3.05) is 0 Å². The van der Waals surface area contributed by atoms with Crippen molar-refractivity contribution in [2.24, 2.45) is 0 Å². The lowest BCUT2D eigenvalue weighted by Crippen LogP contribution is -1.86. The topological polar surface area (TPSA) is 129 Å². The van der Waals surface area contributed by atoms with Crippen molar-refractivity contribution < 1.29 is 0 Å². The van der Waals surface area contributed by atoms with Crippen LogP contribution in [0.25, 0.3) is 65.4 Å². The number of aromatic nitrogens is 10. The van der Waals surface area contributed by atoms with E-state index in [9.17, 15) is 0 Å². The van der Waals surface area contributed by atoms with E-state index >= 15 is 0 Å². The summed E-state index contributed by atoms with van der Waals surface area (Å²) in [5, 5.41) is 24.9. The number of fused-ring (bicyclic) bond motifs is 1. The monoisotopic (exact) mass is 2110 g/mol. The predicted molar refractivity (Wildman–Crippen MR) is 657 cm³/mol. The Hall–Kier alpha value is -10.2. The molecule has 0 radical (unpaired) electrons. The van der Waals surface area contributed by atoms with Gasteiger partial charge in [-0.2, -0.15) is 11.3 Å². The summed E-state index contributed by atoms with van der Waals surface area (Å²) in [4.78, 5) is 48.9. The molecule has 0 saturated heterocycles. The van der Waals surface area contributed by atoms with Gasteiger partial charge in [0.25, 0.3) is 0 Å². The Labute approximate surface area is 910 Å². The van der Waals surface area contributed by atoms with Gasteiger partial charge in [-0.3, -0.25) is 9.97 Å². The van der Waals surface area contributed by atoms with Crippen LogP contribution in [0.1, 0.15) is 356 Å². The van der Waals surface area contributed by atoms with Crippen molar-refractivity contribution in [3.63, 3.8) is 0 Å². The third-order valence-electron chi connectivity index (χ3n) is 18.0. The van der Waals surface area contributed by atoms with Crippen molar-refractivity contribution in [3.8, 4) is 54.7 Å². The van der Waals surface area contributed by atoms with E-state index in [-0.39, 0.29) is 0 Å². The van der Waals surface area contributed by atoms with Crippen LogP contribution in [0.15, 0.2) is 318 Å². The molecule has 0 aliphatic rings. The van der Waals surface area contributed by atoms with Gasteiger partial charge in [-0.25, -0.2) is 39.9 Å². The van der Waals surface area contributed by atoms with Gasteiger partial charge in [0.15, 0.2) is 0 Å². The smallest absolute Gasteiger partial charge is 0.0964 e. The average molecular weight is 2110 g/mol. The summed E-state index contributed by atoms with van der Waals surface area (Å²) >= 11 is 15.9. The molecule has 18 aromatic rings. The second-order valence-electron chi connectivity index (χ2n) is 31.5. The molecule has 144 heavy (non-hydrogen) atoms. The van der Waals surface area contributed by atoms with E-state index in [0.717, 1.165) is 41.3 Å². The lowest BCUT2D eigenvalue weighted by Gasteiger charge is -2.03. The first kappa shape index (κ1) is 136. The molecule has 0 N–H and O–H groups in total. The minimum absolute atomic E-state index is 0.458. The van der Waals surface area contributed by atoms with Crippen LogP contribution in [0.2, 0.25) is 0 Å². The van der Waals surface area contributed by atoms with Gasteiger partial charge in [-0.1, -0.05) is 461 Å². The van der Waals surface area contributed by atoms with E-state index in [1.165, 1.54) is 104 Å². The SMILES string of the molecule is CC.CC.CC.CC.CC.CC.CC.CC.CC.CC(C)c1nc(-c2cccc3ccccc23)cs1.CC(C)c1nc(-c2ccccc2)c(-c2ccccc2)s1.CC(C)c1nc(-c2ccccc2)cs1.CC(C)c1ncc(-c2ccccc2)s1.CC(C)c1ncc(Cc2ccccc2)s1.CCc1cnc(C(C)C)s1.Cc1csc(C(C)C)n1.Cc1csc(C(C)C)n1.c1ccncc1.c1ccncc1.c1ccsc1. The molecule has 0 amide bonds. The first-order valence-corrected chi connectivity index (χ1v) is 59.7. The fourth-order valence-corrected chi connectivity index (χ4v) is 18.8. The number of nitrogens with zero attached hydrogens (tertiary/aromatic N) is 10. The molecule has 0 unspecified atom stereocenters. The van der Waals surface area contributed by atoms with Crippen LogP contribution in [0, 0.1) is 13.8 Å². The quantitative estimate of drug-likeness (QED) is 0.0922. The Morgan fingerprint density at radius 1 is 0.264 bits per heavy atom. The molecular weight excluding hydrogens is 1930 g/mol. The number of hydrogen-bond acceptors (Lipinski definition) is 19. The number of pyridine rings is 2. The summed E-state index contributed by atoms with van der Waals surface area (Å²) in [5.74, 6) is 4.31. The molecule has 0 saturated carbocycles. The van der Waals surface area contributed by atoms with E-state index in [1.54, 1.807) is 104 Å². The predicted octanol–water partition coefficient (Wildman–Crippen LogP) is 43.5. The van der Waals surface area contributed by atoms with Gasteiger partial charge >= 0.3 is 0 Å². The maximum Gasteiger partial charge on any atom is 0.0964 e. The Morgan fingerprint density at radius 2 is 0.597 bits per heavy atom. The molecule has 19 heteroatoms. The Bertz CT molecular complexity index is 5520. The molecule has 0 fully saturated rings. The lowest BCUT2D eigenvalue weighted by atomic mass is 10.0. The second-order valence-corrected chi connectivity index (χ2v) is 40.3. The van der Waals surface area contributed by atoms with Crippen LogP contribution in [-0.2, 0) is 12.8 Å². The highest BCUT2D eigenvalue weighted by atomic mass is 32.1. The molecule has 0 aliphatic heterocycles. The number of thiophene rings is 1. The lowest BCUT2D eigenvalue weighted by molar-refractivity contribution is 0.847. The molecule has 0 atom stereocenters. The molecule has 10 nitrogen and oxygen atoms in total. The maximum atomic E-state index is 4.87. The van der Waals surface area contributed by atoms with Crippen LogP contribution in [0.5, 0.6) is 0 Å². The molecule has 7 aromatic carbocycles. The van der Waals surface area contributed by atoms with Gasteiger partial charge < -0.3 is 0 Å². The summed E-state index contributed by atoms with van der Waals surface area (Å²) in [6, 6.07) is 82.6. The first-order chi connectivity index (χ1) is 69.9. The Balaban J connectivity index is 0. The Kier molecular flexibility index (Phi) is 82.2. The number of rotatable bonds is 16. The number of aryl methyl sites for hydroxylation is 3. The zero-order chi connectivity index (χ0) is 108. The average Bonchev–Trinajstić information content (AvgIpc) is 1.73. The molecule has 0 spiro atoms. The third-order valence-corrected chi connectivity index (χ3v) is 28.9. The summed E-state index contributed by atoms with van der Waals surface area (Å²) in [6.45, 7) is 77.1. The van der Waals surface area contributed by atoms with Crippen LogP contribution in [0.3, 0.4) is 0 Å². The van der Waals surface area contributed by atoms with E-state index in [4.69, 9.17) is 9.97 Å². The zero-order valence-electron chi connectivity index (χ0n) is 94.3. The molecule has 11 aromatic heterocycles. The molecular formula is C125H176N10S9. The fraction of sp³-hybridized carbons (Fsp3) is 0.376. The minimum Gasteiger partial charge on any atom is -0.265 e. The molecule has 780 valence electrons. The highest BCUT2D eigenvalue weighted by Crippen LogP contribution is 2.40. The normalized spacial score (nSPS) is 9.56. The third kappa shape index (κ3) is 56.0. The van der Waals surface area contributed by atoms with Gasteiger partial charge in [0.2, 0.25) is 0 Å². The van der Waals surface area contributed by atoms with E-state index in [0.29, 0.717) is 47.3 Å². The summed E-state index contributed by atoms with van der Waals surface area (Å²) in [5.41, 5.74) is 13.1. The van der Waals surface area contributed by atoms with Crippen molar-refractivity contribution in [3.05, 3.63) is 385 Å². The van der Waals surface area contributed by atoms with Crippen molar-refractivity contribution >= 4 is 113 Å². The largest absolute Gasteiger partial charge is 0.265 e. The van der Waals surface area contributed by atoms with Gasteiger partial charge in [0.1, 0.15) is 0 Å². The van der Waals surface area contributed by atoms with E-state index < -0.39 is 0 Å². The van der Waals surface area contributed by atoms with Crippen molar-refractivity contribution in [1.82, 2.24) is 49.8 Å². The summed E-state index contributed by atoms with van der Waals surface area (Å²) < 4.78 is 0. The van der Waals surface area contributed by atoms with Crippen molar-refractivity contribution in [1.29, 1.82) is 0 Å². The second kappa shape index (κ2) is 87.1. The van der Waals surface area contributed by atoms with Crippen LogP contribution in [0.4, 0.5) is 0 Å². The Morgan fingerprint density at radius 3 is 0.944 bits per heavy atom. The standard InChI is InChI=1S/C18H17NS.C16H15NS.C13H15NS.2C12H13NS.C8H13NS.2C7H11NS.2C5H5N.C4H4S.9C2H6/c1-13(2)18-19-16(14-9-5-3-6-10-14)17(20-18)15-11-7-4-8-12-15;1-11(2)16-17-15(10-18-16)14-9-5-7-12-6-3-4-8-13(12)14;1-10(2)13-14-9-12(15-13)8-11-6-4-3-5-7-11;1-9(2)12-13-11(8-14-12)10-6-4-3-5-7-10;1-9(2)12-13-8-11(14-12)10-6-4-3-5-7-10;1-4-7-5-9-8(10-7)6(2)3;2*1-5(2)7-8-6(3)4-9-7;2*1-2-4-6-5-3-1;1-2-4-5-3-1;9*1-2/h3-13H,1-2H3;3-11H,1-2H3;3-7,9-10H,8H2,1-2H3;2*3-9H,1-2H3;5-6H,4H2,1-3H3;2*4-5H,1-3H3;2*1-5H;1-4H;9*1-2H3. The van der Waals surface area contributed by atoms with Crippen LogP contribution in [-0.4, -0.2) is 49.8 Å². The first-order valence-electron chi connectivity index (χ1n) is 52.0. The van der Waals surface area contributed by atoms with Crippen LogP contribution < -0.4 is 0 Å². The number of benzene rings is 7. The minimum atomic E-state index is 0.458.